The van der Waals surface area contributed by atoms with Gasteiger partial charge in [-0.15, -0.1) is 6.58 Å². The molecule has 1 N–H and O–H groups in total. The Morgan fingerprint density at radius 3 is 2.62 bits per heavy atom. The number of carbonyl (C=O) groups excluding carboxylic acids is 1. The van der Waals surface area contributed by atoms with E-state index in [1.807, 2.05) is 39.8 Å². The zero-order valence-electron chi connectivity index (χ0n) is 23.9. The molecule has 0 spiro atoms. The standard InChI is InChI=1S/C32H32BrFN4O4/c1-6-10-21-15-20(16-27(41-7-2)29(21)42-19-28(39)36-26-12-9-8-11-24(26)34)18-35-38-30(40)23-17-22(33)13-14-25(23)37-31(38)32(3,4)5/h6,8-9,11-18H,1,7,10,19H2,2-5H3,(H,36,39). The Bertz CT molecular complexity index is 1730. The van der Waals surface area contributed by atoms with Gasteiger partial charge in [0, 0.05) is 15.5 Å². The number of halogens is 2. The molecule has 0 saturated heterocycles. The molecule has 0 aliphatic carbocycles. The number of ether oxygens (including phenoxy) is 2. The fourth-order valence-corrected chi connectivity index (χ4v) is 4.61. The van der Waals surface area contributed by atoms with Crippen LogP contribution in [-0.4, -0.2) is 35.0 Å². The first-order chi connectivity index (χ1) is 20.0. The van der Waals surface area contributed by atoms with Crippen molar-refractivity contribution in [2.45, 2.75) is 39.5 Å². The Kier molecular flexibility index (Phi) is 9.57. The van der Waals surface area contributed by atoms with Gasteiger partial charge in [-0.05, 0) is 61.4 Å². The summed E-state index contributed by atoms with van der Waals surface area (Å²) in [5.41, 5.74) is 1.23. The molecule has 42 heavy (non-hydrogen) atoms. The number of benzene rings is 3. The number of nitrogens with zero attached hydrogens (tertiary/aromatic N) is 3. The largest absolute Gasteiger partial charge is 0.490 e. The van der Waals surface area contributed by atoms with Crippen molar-refractivity contribution in [1.82, 2.24) is 9.66 Å². The van der Waals surface area contributed by atoms with Gasteiger partial charge in [-0.2, -0.15) is 9.78 Å². The molecule has 0 aliphatic rings. The number of nitrogens with one attached hydrogen (secondary N) is 1. The predicted molar refractivity (Wildman–Crippen MR) is 167 cm³/mol. The van der Waals surface area contributed by atoms with Crippen LogP contribution in [0.25, 0.3) is 10.9 Å². The Labute approximate surface area is 252 Å². The number of para-hydroxylation sites is 1. The summed E-state index contributed by atoms with van der Waals surface area (Å²) in [5.74, 6) is 0.195. The average molecular weight is 636 g/mol. The van der Waals surface area contributed by atoms with Gasteiger partial charge >= 0.3 is 0 Å². The lowest BCUT2D eigenvalue weighted by molar-refractivity contribution is -0.118. The van der Waals surface area contributed by atoms with E-state index >= 15 is 0 Å². The van der Waals surface area contributed by atoms with Crippen molar-refractivity contribution in [3.63, 3.8) is 0 Å². The van der Waals surface area contributed by atoms with Crippen LogP contribution in [0.5, 0.6) is 11.5 Å². The number of amides is 1. The molecule has 1 heterocycles. The third-order valence-electron chi connectivity index (χ3n) is 6.12. The highest BCUT2D eigenvalue weighted by Crippen LogP contribution is 2.34. The van der Waals surface area contributed by atoms with Crippen LogP contribution in [0.1, 0.15) is 44.6 Å². The Balaban J connectivity index is 1.70. The van der Waals surface area contributed by atoms with Crippen LogP contribution in [0.15, 0.2) is 81.6 Å². The van der Waals surface area contributed by atoms with Gasteiger partial charge in [-0.3, -0.25) is 9.59 Å². The number of hydrogen-bond donors (Lipinski definition) is 1. The molecular weight excluding hydrogens is 603 g/mol. The van der Waals surface area contributed by atoms with Crippen LogP contribution in [0, 0.1) is 5.82 Å². The molecule has 218 valence electrons. The number of aromatic nitrogens is 2. The number of allylic oxidation sites excluding steroid dienone is 1. The van der Waals surface area contributed by atoms with Crippen LogP contribution in [0.3, 0.4) is 0 Å². The van der Waals surface area contributed by atoms with Crippen molar-refractivity contribution >= 4 is 44.6 Å². The molecule has 8 nitrogen and oxygen atoms in total. The zero-order valence-corrected chi connectivity index (χ0v) is 25.5. The van der Waals surface area contributed by atoms with Gasteiger partial charge < -0.3 is 14.8 Å². The van der Waals surface area contributed by atoms with Crippen LogP contribution >= 0.6 is 15.9 Å². The highest BCUT2D eigenvalue weighted by molar-refractivity contribution is 9.10. The van der Waals surface area contributed by atoms with E-state index in [1.54, 1.807) is 36.6 Å². The molecule has 0 fully saturated rings. The van der Waals surface area contributed by atoms with Gasteiger partial charge in [0.05, 0.1) is 29.4 Å². The van der Waals surface area contributed by atoms with Crippen LogP contribution in [-0.2, 0) is 16.6 Å². The topological polar surface area (TPSA) is 94.8 Å². The third kappa shape index (κ3) is 7.12. The minimum atomic E-state index is -0.542. The molecule has 3 aromatic carbocycles. The fraction of sp³-hybridized carbons (Fsp3) is 0.250. The van der Waals surface area contributed by atoms with Crippen LogP contribution in [0.4, 0.5) is 10.1 Å². The van der Waals surface area contributed by atoms with Crippen molar-refractivity contribution in [3.8, 4) is 11.5 Å². The van der Waals surface area contributed by atoms with Gasteiger partial charge in [-0.25, -0.2) is 9.37 Å². The average Bonchev–Trinajstić information content (AvgIpc) is 2.93. The number of rotatable bonds is 10. The van der Waals surface area contributed by atoms with Crippen molar-refractivity contribution in [1.29, 1.82) is 0 Å². The molecule has 10 heteroatoms. The Hall–Kier alpha value is -4.31. The van der Waals surface area contributed by atoms with Crippen LogP contribution < -0.4 is 20.3 Å². The fourth-order valence-electron chi connectivity index (χ4n) is 4.24. The van der Waals surface area contributed by atoms with E-state index in [0.717, 1.165) is 4.47 Å². The predicted octanol–water partition coefficient (Wildman–Crippen LogP) is 6.62. The minimum Gasteiger partial charge on any atom is -0.490 e. The number of carbonyl (C=O) groups is 1. The van der Waals surface area contributed by atoms with Crippen molar-refractivity contribution in [2.75, 3.05) is 18.5 Å². The second-order valence-corrected chi connectivity index (χ2v) is 11.4. The molecular formula is C32H32BrFN4O4. The first-order valence-electron chi connectivity index (χ1n) is 13.4. The van der Waals surface area contributed by atoms with E-state index in [-0.39, 0.29) is 17.9 Å². The summed E-state index contributed by atoms with van der Waals surface area (Å²) < 4.78 is 27.8. The maximum atomic E-state index is 14.0. The second kappa shape index (κ2) is 13.1. The van der Waals surface area contributed by atoms with E-state index in [0.29, 0.717) is 52.4 Å². The monoisotopic (exact) mass is 634 g/mol. The van der Waals surface area contributed by atoms with E-state index in [4.69, 9.17) is 14.5 Å². The summed E-state index contributed by atoms with van der Waals surface area (Å²) in [7, 11) is 0. The molecule has 0 unspecified atom stereocenters. The van der Waals surface area contributed by atoms with E-state index < -0.39 is 17.1 Å². The van der Waals surface area contributed by atoms with Crippen molar-refractivity contribution < 1.29 is 18.7 Å². The number of anilines is 1. The molecule has 0 bridgehead atoms. The van der Waals surface area contributed by atoms with Gasteiger partial charge in [-0.1, -0.05) is 54.9 Å². The molecule has 1 amide bonds. The maximum absolute atomic E-state index is 14.0. The molecule has 0 saturated carbocycles. The molecule has 1 aromatic heterocycles. The normalized spacial score (nSPS) is 11.6. The Morgan fingerprint density at radius 2 is 1.93 bits per heavy atom. The lowest BCUT2D eigenvalue weighted by Gasteiger charge is -2.21. The minimum absolute atomic E-state index is 0.0643. The van der Waals surface area contributed by atoms with Gasteiger partial charge in [0.15, 0.2) is 18.1 Å². The molecule has 0 atom stereocenters. The van der Waals surface area contributed by atoms with E-state index in [2.05, 4.69) is 32.9 Å². The first kappa shape index (κ1) is 30.6. The summed E-state index contributed by atoms with van der Waals surface area (Å²) in [6.45, 7) is 11.5. The summed E-state index contributed by atoms with van der Waals surface area (Å²) >= 11 is 3.43. The van der Waals surface area contributed by atoms with Gasteiger partial charge in [0.2, 0.25) is 0 Å². The molecule has 0 aliphatic heterocycles. The summed E-state index contributed by atoms with van der Waals surface area (Å²) in [6, 6.07) is 14.8. The van der Waals surface area contributed by atoms with E-state index in [9.17, 15) is 14.0 Å². The van der Waals surface area contributed by atoms with E-state index in [1.165, 1.54) is 22.9 Å². The van der Waals surface area contributed by atoms with Crippen molar-refractivity contribution in [3.05, 3.63) is 105 Å². The smallest absolute Gasteiger partial charge is 0.282 e. The van der Waals surface area contributed by atoms with Crippen LogP contribution in [0.2, 0.25) is 0 Å². The van der Waals surface area contributed by atoms with Gasteiger partial charge in [0.25, 0.3) is 11.5 Å². The molecule has 0 radical (unpaired) electrons. The Morgan fingerprint density at radius 1 is 1.17 bits per heavy atom. The zero-order chi connectivity index (χ0) is 30.4. The molecule has 4 aromatic rings. The molecule has 4 rings (SSSR count). The van der Waals surface area contributed by atoms with Crippen molar-refractivity contribution in [2.24, 2.45) is 5.10 Å². The first-order valence-corrected chi connectivity index (χ1v) is 14.2. The highest BCUT2D eigenvalue weighted by atomic mass is 79.9. The lowest BCUT2D eigenvalue weighted by atomic mass is 9.95. The quantitative estimate of drug-likeness (QED) is 0.156. The number of fused-ring (bicyclic) bond motifs is 1. The third-order valence-corrected chi connectivity index (χ3v) is 6.61. The lowest BCUT2D eigenvalue weighted by Crippen LogP contribution is -2.29. The SMILES string of the molecule is C=CCc1cc(C=Nn2c(C(C)(C)C)nc3ccc(Br)cc3c2=O)cc(OCC)c1OCC(=O)Nc1ccccc1F. The number of hydrogen-bond acceptors (Lipinski definition) is 6. The maximum Gasteiger partial charge on any atom is 0.282 e. The van der Waals surface area contributed by atoms with Gasteiger partial charge in [0.1, 0.15) is 11.6 Å². The highest BCUT2D eigenvalue weighted by Gasteiger charge is 2.23. The second-order valence-electron chi connectivity index (χ2n) is 10.5. The summed E-state index contributed by atoms with van der Waals surface area (Å²) in [4.78, 5) is 30.8. The summed E-state index contributed by atoms with van der Waals surface area (Å²) in [5, 5.41) is 7.51. The summed E-state index contributed by atoms with van der Waals surface area (Å²) in [6.07, 6.45) is 3.67.